The van der Waals surface area contributed by atoms with Crippen molar-refractivity contribution in [1.29, 1.82) is 0 Å². The number of ether oxygens (including phenoxy) is 1. The van der Waals surface area contributed by atoms with Crippen LogP contribution in [0.2, 0.25) is 0 Å². The van der Waals surface area contributed by atoms with Gasteiger partial charge in [-0.1, -0.05) is 6.07 Å². The highest BCUT2D eigenvalue weighted by Gasteiger charge is 2.18. The van der Waals surface area contributed by atoms with Gasteiger partial charge in [0, 0.05) is 19.0 Å². The van der Waals surface area contributed by atoms with Gasteiger partial charge in [0.1, 0.15) is 5.75 Å². The predicted molar refractivity (Wildman–Crippen MR) is 77.6 cm³/mol. The van der Waals surface area contributed by atoms with Crippen molar-refractivity contribution in [2.75, 3.05) is 33.3 Å². The quantitative estimate of drug-likeness (QED) is 0.900. The zero-order valence-corrected chi connectivity index (χ0v) is 11.8. The molecule has 0 aliphatic carbocycles. The van der Waals surface area contributed by atoms with Crippen LogP contribution >= 0.6 is 0 Å². The molecule has 1 N–H and O–H groups in total. The fraction of sp³-hybridized carbons (Fsp3) is 0.625. The lowest BCUT2D eigenvalue weighted by Gasteiger charge is -2.29. The standard InChI is InChI=1S/C16H24N2O/c1-18-8-2-3-13(11-18)12-19-16-5-4-14-6-7-17-10-15(14)9-16/h4-5,9,13,17H,2-3,6-8,10-12H2,1H3. The zero-order chi connectivity index (χ0) is 13.1. The molecule has 3 nitrogen and oxygen atoms in total. The molecule has 1 saturated heterocycles. The molecular formula is C16H24N2O. The van der Waals surface area contributed by atoms with Gasteiger partial charge in [0.05, 0.1) is 6.61 Å². The van der Waals surface area contributed by atoms with E-state index in [-0.39, 0.29) is 0 Å². The molecule has 1 atom stereocenters. The Morgan fingerprint density at radius 1 is 1.37 bits per heavy atom. The predicted octanol–water partition coefficient (Wildman–Crippen LogP) is 2.05. The van der Waals surface area contributed by atoms with E-state index in [1.807, 2.05) is 0 Å². The van der Waals surface area contributed by atoms with E-state index < -0.39 is 0 Å². The van der Waals surface area contributed by atoms with Gasteiger partial charge in [0.2, 0.25) is 0 Å². The van der Waals surface area contributed by atoms with Gasteiger partial charge >= 0.3 is 0 Å². The van der Waals surface area contributed by atoms with E-state index in [0.717, 1.165) is 31.9 Å². The largest absolute Gasteiger partial charge is 0.493 e. The maximum atomic E-state index is 6.01. The Hall–Kier alpha value is -1.06. The molecule has 104 valence electrons. The van der Waals surface area contributed by atoms with Crippen LogP contribution in [0.25, 0.3) is 0 Å². The third-order valence-electron chi connectivity index (χ3n) is 4.27. The number of rotatable bonds is 3. The first-order chi connectivity index (χ1) is 9.31. The van der Waals surface area contributed by atoms with Gasteiger partial charge in [-0.25, -0.2) is 0 Å². The monoisotopic (exact) mass is 260 g/mol. The van der Waals surface area contributed by atoms with Gasteiger partial charge in [-0.15, -0.1) is 0 Å². The van der Waals surface area contributed by atoms with Crippen LogP contribution in [0.4, 0.5) is 0 Å². The summed E-state index contributed by atoms with van der Waals surface area (Å²) in [6.45, 7) is 5.35. The molecule has 1 aromatic carbocycles. The van der Waals surface area contributed by atoms with Gasteiger partial charge in [-0.05, 0) is 62.7 Å². The number of nitrogens with one attached hydrogen (secondary N) is 1. The van der Waals surface area contributed by atoms with Crippen LogP contribution in [-0.2, 0) is 13.0 Å². The van der Waals surface area contributed by atoms with Gasteiger partial charge in [-0.3, -0.25) is 0 Å². The summed E-state index contributed by atoms with van der Waals surface area (Å²) < 4.78 is 6.01. The number of fused-ring (bicyclic) bond motifs is 1. The number of likely N-dealkylation sites (tertiary alicyclic amines) is 1. The zero-order valence-electron chi connectivity index (χ0n) is 11.8. The van der Waals surface area contributed by atoms with Crippen molar-refractivity contribution in [3.05, 3.63) is 29.3 Å². The van der Waals surface area contributed by atoms with Gasteiger partial charge in [0.25, 0.3) is 0 Å². The first-order valence-electron chi connectivity index (χ1n) is 7.45. The second kappa shape index (κ2) is 5.93. The summed E-state index contributed by atoms with van der Waals surface area (Å²) >= 11 is 0. The molecule has 0 spiro atoms. The lowest BCUT2D eigenvalue weighted by atomic mass is 9.99. The van der Waals surface area contributed by atoms with Crippen molar-refractivity contribution in [3.63, 3.8) is 0 Å². The molecule has 0 amide bonds. The topological polar surface area (TPSA) is 24.5 Å². The molecule has 1 fully saturated rings. The Labute approximate surface area is 115 Å². The van der Waals surface area contributed by atoms with Crippen LogP contribution in [0.15, 0.2) is 18.2 Å². The summed E-state index contributed by atoms with van der Waals surface area (Å²) in [4.78, 5) is 2.41. The van der Waals surface area contributed by atoms with Crippen molar-refractivity contribution >= 4 is 0 Å². The molecule has 2 aliphatic rings. The average Bonchev–Trinajstić information content (AvgIpc) is 2.45. The molecule has 0 bridgehead atoms. The van der Waals surface area contributed by atoms with Crippen molar-refractivity contribution in [2.45, 2.75) is 25.8 Å². The second-order valence-electron chi connectivity index (χ2n) is 5.94. The van der Waals surface area contributed by atoms with E-state index in [0.29, 0.717) is 5.92 Å². The van der Waals surface area contributed by atoms with Crippen LogP contribution in [-0.4, -0.2) is 38.2 Å². The molecule has 3 rings (SSSR count). The number of piperidine rings is 1. The molecule has 2 heterocycles. The van der Waals surface area contributed by atoms with Crippen LogP contribution in [0.3, 0.4) is 0 Å². The maximum absolute atomic E-state index is 6.01. The lowest BCUT2D eigenvalue weighted by Crippen LogP contribution is -2.34. The molecule has 0 aromatic heterocycles. The van der Waals surface area contributed by atoms with E-state index in [4.69, 9.17) is 4.74 Å². The van der Waals surface area contributed by atoms with E-state index >= 15 is 0 Å². The summed E-state index contributed by atoms with van der Waals surface area (Å²) in [5.74, 6) is 1.73. The summed E-state index contributed by atoms with van der Waals surface area (Å²) in [7, 11) is 2.21. The second-order valence-corrected chi connectivity index (χ2v) is 5.94. The van der Waals surface area contributed by atoms with Crippen LogP contribution < -0.4 is 10.1 Å². The fourth-order valence-corrected chi connectivity index (χ4v) is 3.17. The minimum Gasteiger partial charge on any atom is -0.493 e. The van der Waals surface area contributed by atoms with E-state index in [2.05, 4.69) is 35.5 Å². The van der Waals surface area contributed by atoms with Gasteiger partial charge < -0.3 is 15.0 Å². The molecule has 19 heavy (non-hydrogen) atoms. The Morgan fingerprint density at radius 2 is 2.32 bits per heavy atom. The molecule has 0 saturated carbocycles. The van der Waals surface area contributed by atoms with Gasteiger partial charge in [0.15, 0.2) is 0 Å². The third kappa shape index (κ3) is 3.28. The molecular weight excluding hydrogens is 236 g/mol. The fourth-order valence-electron chi connectivity index (χ4n) is 3.17. The van der Waals surface area contributed by atoms with Crippen LogP contribution in [0, 0.1) is 5.92 Å². The molecule has 0 radical (unpaired) electrons. The summed E-state index contributed by atoms with van der Waals surface area (Å²) in [5.41, 5.74) is 2.88. The van der Waals surface area contributed by atoms with Crippen LogP contribution in [0.1, 0.15) is 24.0 Å². The van der Waals surface area contributed by atoms with E-state index in [9.17, 15) is 0 Å². The van der Waals surface area contributed by atoms with Crippen molar-refractivity contribution < 1.29 is 4.74 Å². The number of hydrogen-bond acceptors (Lipinski definition) is 3. The normalized spacial score (nSPS) is 23.9. The summed E-state index contributed by atoms with van der Waals surface area (Å²) in [5, 5.41) is 3.42. The number of nitrogens with zero attached hydrogens (tertiary/aromatic N) is 1. The highest BCUT2D eigenvalue weighted by molar-refractivity contribution is 5.37. The molecule has 3 heteroatoms. The van der Waals surface area contributed by atoms with Crippen molar-refractivity contribution in [2.24, 2.45) is 5.92 Å². The van der Waals surface area contributed by atoms with Gasteiger partial charge in [-0.2, -0.15) is 0 Å². The third-order valence-corrected chi connectivity index (χ3v) is 4.27. The first-order valence-corrected chi connectivity index (χ1v) is 7.45. The van der Waals surface area contributed by atoms with Crippen LogP contribution in [0.5, 0.6) is 5.75 Å². The Morgan fingerprint density at radius 3 is 3.21 bits per heavy atom. The molecule has 2 aliphatic heterocycles. The number of benzene rings is 1. The smallest absolute Gasteiger partial charge is 0.119 e. The SMILES string of the molecule is CN1CCCC(COc2ccc3c(c2)CNCC3)C1. The highest BCUT2D eigenvalue weighted by Crippen LogP contribution is 2.22. The number of hydrogen-bond donors (Lipinski definition) is 1. The Bertz CT molecular complexity index is 433. The lowest BCUT2D eigenvalue weighted by molar-refractivity contribution is 0.150. The van der Waals surface area contributed by atoms with E-state index in [1.165, 1.54) is 37.1 Å². The molecule has 1 aromatic rings. The van der Waals surface area contributed by atoms with E-state index in [1.54, 1.807) is 0 Å². The minimum atomic E-state index is 0.688. The first kappa shape index (κ1) is 12.9. The van der Waals surface area contributed by atoms with Crippen molar-refractivity contribution in [3.8, 4) is 5.75 Å². The maximum Gasteiger partial charge on any atom is 0.119 e. The summed E-state index contributed by atoms with van der Waals surface area (Å²) in [6.07, 6.45) is 3.75. The minimum absolute atomic E-state index is 0.688. The Balaban J connectivity index is 1.57. The average molecular weight is 260 g/mol. The van der Waals surface area contributed by atoms with Crippen molar-refractivity contribution in [1.82, 2.24) is 10.2 Å². The summed E-state index contributed by atoms with van der Waals surface area (Å²) in [6, 6.07) is 6.59. The Kier molecular flexibility index (Phi) is 4.04. The highest BCUT2D eigenvalue weighted by atomic mass is 16.5. The molecule has 1 unspecified atom stereocenters.